The van der Waals surface area contributed by atoms with Gasteiger partial charge >= 0.3 is 5.97 Å². The van der Waals surface area contributed by atoms with Crippen molar-refractivity contribution in [1.82, 2.24) is 5.32 Å². The van der Waals surface area contributed by atoms with Crippen LogP contribution in [0.4, 0.5) is 0 Å². The fourth-order valence-corrected chi connectivity index (χ4v) is 5.05. The Labute approximate surface area is 243 Å². The second-order valence-electron chi connectivity index (χ2n) is 10.5. The summed E-state index contributed by atoms with van der Waals surface area (Å²) in [5.41, 5.74) is 0. The van der Waals surface area contributed by atoms with E-state index in [-0.39, 0.29) is 0 Å². The maximum Gasteiger partial charge on any atom is 0.364 e. The fraction of sp³-hybridized carbons (Fsp3) is 0.913. The molecule has 0 aliphatic carbocycles. The van der Waals surface area contributed by atoms with Crippen LogP contribution in [0.1, 0.15) is 13.3 Å². The van der Waals surface area contributed by atoms with Gasteiger partial charge in [0.1, 0.15) is 67.1 Å². The lowest BCUT2D eigenvalue weighted by Crippen LogP contribution is -2.68. The van der Waals surface area contributed by atoms with E-state index in [1.54, 1.807) is 0 Å². The molecular formula is C23H39NO19. The van der Waals surface area contributed by atoms with E-state index in [0.29, 0.717) is 0 Å². The molecule has 0 bridgehead atoms. The Hall–Kier alpha value is -1.70. The molecule has 0 spiro atoms. The van der Waals surface area contributed by atoms with Gasteiger partial charge in [-0.25, -0.2) is 4.79 Å². The molecule has 16 atom stereocenters. The van der Waals surface area contributed by atoms with E-state index < -0.39 is 136 Å². The summed E-state index contributed by atoms with van der Waals surface area (Å²) in [6.07, 6.45) is -27.0. The van der Waals surface area contributed by atoms with Crippen molar-refractivity contribution < 1.29 is 94.6 Å². The summed E-state index contributed by atoms with van der Waals surface area (Å²) in [7, 11) is 0. The van der Waals surface area contributed by atoms with Crippen LogP contribution in [0.3, 0.4) is 0 Å². The lowest BCUT2D eigenvalue weighted by Gasteiger charge is -2.48. The summed E-state index contributed by atoms with van der Waals surface area (Å²) in [6, 6.07) is -1.48. The van der Waals surface area contributed by atoms with E-state index in [1.165, 1.54) is 0 Å². The predicted molar refractivity (Wildman–Crippen MR) is 130 cm³/mol. The zero-order valence-corrected chi connectivity index (χ0v) is 22.7. The first-order valence-electron chi connectivity index (χ1n) is 13.2. The van der Waals surface area contributed by atoms with Gasteiger partial charge < -0.3 is 90.3 Å². The number of rotatable bonds is 11. The minimum absolute atomic E-state index is 0.719. The summed E-state index contributed by atoms with van der Waals surface area (Å²) in [5.74, 6) is -5.42. The molecule has 20 nitrogen and oxygen atoms in total. The molecule has 13 N–H and O–H groups in total. The number of carbonyl (C=O) groups is 2. The van der Waals surface area contributed by atoms with Gasteiger partial charge in [-0.2, -0.15) is 0 Å². The second-order valence-corrected chi connectivity index (χ2v) is 10.5. The zero-order chi connectivity index (χ0) is 32.4. The number of carbonyl (C=O) groups excluding carboxylic acids is 1. The first-order chi connectivity index (χ1) is 20.1. The molecule has 3 aliphatic rings. The maximum atomic E-state index is 12.3. The average molecular weight is 634 g/mol. The highest BCUT2D eigenvalue weighted by atomic mass is 16.8. The molecular weight excluding hydrogens is 594 g/mol. The largest absolute Gasteiger partial charge is 0.477 e. The van der Waals surface area contributed by atoms with E-state index in [0.717, 1.165) is 6.92 Å². The number of aliphatic carboxylic acids is 1. The highest BCUT2D eigenvalue weighted by Crippen LogP contribution is 2.35. The van der Waals surface area contributed by atoms with Crippen LogP contribution >= 0.6 is 0 Å². The average Bonchev–Trinajstić information content (AvgIpc) is 2.96. The number of amides is 1. The molecule has 3 rings (SSSR count). The molecule has 0 aromatic carbocycles. The van der Waals surface area contributed by atoms with Gasteiger partial charge in [0, 0.05) is 13.3 Å². The molecule has 1 unspecified atom stereocenters. The zero-order valence-electron chi connectivity index (χ0n) is 22.7. The lowest BCUT2D eigenvalue weighted by atomic mass is 9.88. The molecule has 1 amide bonds. The van der Waals surface area contributed by atoms with Gasteiger partial charge in [-0.15, -0.1) is 0 Å². The van der Waals surface area contributed by atoms with E-state index in [9.17, 15) is 70.9 Å². The Balaban J connectivity index is 1.82. The molecule has 3 heterocycles. The van der Waals surface area contributed by atoms with Crippen molar-refractivity contribution >= 4 is 11.9 Å². The molecule has 43 heavy (non-hydrogen) atoms. The summed E-state index contributed by atoms with van der Waals surface area (Å²) in [4.78, 5) is 24.0. The standard InChI is InChI=1S/C23H39NO19/c1-6(27)24-11-7(28)2-23(22(37)38,43-19(11)12(30)8(29)3-25)39-5-10-13(31)14(32)17(35)21(41-10)42-18-9(4-26)40-20(36)16(34)15(18)33/h7-21,25-26,28-36H,2-5H2,1H3,(H,24,27)(H,37,38)/t7-,8+,9+,10+,11+,12+,13-,14-,15+,16+,17+,18+,19+,20+,21-,23?/m0/s1. The van der Waals surface area contributed by atoms with Crippen LogP contribution in [0.15, 0.2) is 0 Å². The van der Waals surface area contributed by atoms with Crippen molar-refractivity contribution in [2.24, 2.45) is 0 Å². The Morgan fingerprint density at radius 2 is 1.58 bits per heavy atom. The Morgan fingerprint density at radius 3 is 2.14 bits per heavy atom. The first-order valence-corrected chi connectivity index (χ1v) is 13.2. The molecule has 250 valence electrons. The number of carboxylic acid groups (broad SMARTS) is 1. The number of carboxylic acids is 1. The number of aliphatic hydroxyl groups is 11. The molecule has 20 heteroatoms. The van der Waals surface area contributed by atoms with Crippen LogP contribution in [0, 0.1) is 0 Å². The maximum absolute atomic E-state index is 12.3. The van der Waals surface area contributed by atoms with Crippen molar-refractivity contribution in [2.75, 3.05) is 19.8 Å². The minimum Gasteiger partial charge on any atom is -0.477 e. The quantitative estimate of drug-likeness (QED) is 0.100. The van der Waals surface area contributed by atoms with Crippen LogP contribution in [0.2, 0.25) is 0 Å². The molecule has 0 aromatic rings. The Kier molecular flexibility index (Phi) is 12.1. The second kappa shape index (κ2) is 14.6. The summed E-state index contributed by atoms with van der Waals surface area (Å²) in [5, 5.41) is 123. The fourth-order valence-electron chi connectivity index (χ4n) is 5.05. The van der Waals surface area contributed by atoms with Crippen molar-refractivity contribution in [3.8, 4) is 0 Å². The third-order valence-electron chi connectivity index (χ3n) is 7.47. The SMILES string of the molecule is CC(=O)N[C@H]1[C@H]([C@H](O)[C@H](O)CO)OC(OC[C@H]2O[C@@H](O[C@H]3[C@H](O)[C@@H](O)[C@H](O)O[C@@H]3CO)[C@H](O)[C@@H](O)[C@H]2O)(C(=O)O)C[C@@H]1O. The summed E-state index contributed by atoms with van der Waals surface area (Å²) in [6.45, 7) is -1.76. The number of ether oxygens (including phenoxy) is 5. The molecule has 3 aliphatic heterocycles. The number of hydrogen-bond acceptors (Lipinski definition) is 18. The molecule has 0 saturated carbocycles. The highest BCUT2D eigenvalue weighted by Gasteiger charge is 2.57. The monoisotopic (exact) mass is 633 g/mol. The summed E-state index contributed by atoms with van der Waals surface area (Å²) < 4.78 is 26.7. The van der Waals surface area contributed by atoms with Gasteiger partial charge in [0.05, 0.1) is 32.0 Å². The van der Waals surface area contributed by atoms with E-state index >= 15 is 0 Å². The van der Waals surface area contributed by atoms with Crippen LogP contribution in [0.25, 0.3) is 0 Å². The van der Waals surface area contributed by atoms with Crippen molar-refractivity contribution in [3.63, 3.8) is 0 Å². The predicted octanol–water partition coefficient (Wildman–Crippen LogP) is -8.22. The van der Waals surface area contributed by atoms with Gasteiger partial charge in [-0.3, -0.25) is 4.79 Å². The van der Waals surface area contributed by atoms with Gasteiger partial charge in [-0.05, 0) is 0 Å². The number of nitrogens with one attached hydrogen (secondary N) is 1. The molecule has 0 aromatic heterocycles. The Bertz CT molecular complexity index is 942. The van der Waals surface area contributed by atoms with E-state index in [2.05, 4.69) is 5.32 Å². The van der Waals surface area contributed by atoms with Gasteiger partial charge in [0.25, 0.3) is 5.79 Å². The normalized spacial score (nSPS) is 45.3. The minimum atomic E-state index is -2.83. The lowest BCUT2D eigenvalue weighted by molar-refractivity contribution is -0.364. The van der Waals surface area contributed by atoms with Crippen molar-refractivity contribution in [2.45, 2.75) is 111 Å². The summed E-state index contributed by atoms with van der Waals surface area (Å²) >= 11 is 0. The van der Waals surface area contributed by atoms with Crippen LogP contribution < -0.4 is 5.32 Å². The van der Waals surface area contributed by atoms with E-state index in [1.807, 2.05) is 0 Å². The molecule has 3 fully saturated rings. The Morgan fingerprint density at radius 1 is 0.930 bits per heavy atom. The smallest absolute Gasteiger partial charge is 0.364 e. The van der Waals surface area contributed by atoms with Crippen LogP contribution in [0.5, 0.6) is 0 Å². The van der Waals surface area contributed by atoms with Gasteiger partial charge in [-0.1, -0.05) is 0 Å². The third kappa shape index (κ3) is 7.58. The molecule has 3 saturated heterocycles. The molecule has 0 radical (unpaired) electrons. The number of aliphatic hydroxyl groups excluding tert-OH is 11. The van der Waals surface area contributed by atoms with Crippen LogP contribution in [-0.4, -0.2) is 191 Å². The topological polar surface area (TPSA) is 335 Å². The van der Waals surface area contributed by atoms with Gasteiger partial charge in [0.2, 0.25) is 5.91 Å². The highest BCUT2D eigenvalue weighted by molar-refractivity contribution is 5.76. The van der Waals surface area contributed by atoms with E-state index in [4.69, 9.17) is 23.7 Å². The van der Waals surface area contributed by atoms with Gasteiger partial charge in [0.15, 0.2) is 12.6 Å². The number of hydrogen-bond donors (Lipinski definition) is 13. The first kappa shape index (κ1) is 35.8. The van der Waals surface area contributed by atoms with Crippen LogP contribution in [-0.2, 0) is 33.3 Å². The third-order valence-corrected chi connectivity index (χ3v) is 7.47. The van der Waals surface area contributed by atoms with Crippen molar-refractivity contribution in [3.05, 3.63) is 0 Å². The van der Waals surface area contributed by atoms with Crippen molar-refractivity contribution in [1.29, 1.82) is 0 Å².